The number of aryl methyl sites for hydroxylation is 1. The van der Waals surface area contributed by atoms with Crippen molar-refractivity contribution in [3.63, 3.8) is 0 Å². The highest BCUT2D eigenvalue weighted by Gasteiger charge is 2.26. The van der Waals surface area contributed by atoms with Crippen molar-refractivity contribution < 1.29 is 13.2 Å². The van der Waals surface area contributed by atoms with Crippen LogP contribution in [0.3, 0.4) is 0 Å². The monoisotopic (exact) mass is 423 g/mol. The van der Waals surface area contributed by atoms with Crippen LogP contribution in [0.2, 0.25) is 0 Å². The molecule has 6 nitrogen and oxygen atoms in total. The largest absolute Gasteiger partial charge is 0.333 e. The third-order valence-corrected chi connectivity index (χ3v) is 6.68. The van der Waals surface area contributed by atoms with Gasteiger partial charge in [0, 0.05) is 38.3 Å². The van der Waals surface area contributed by atoms with E-state index in [0.29, 0.717) is 17.8 Å². The maximum Gasteiger partial charge on any atom is 0.264 e. The average molecular weight is 424 g/mol. The van der Waals surface area contributed by atoms with Gasteiger partial charge in [-0.1, -0.05) is 23.8 Å². The van der Waals surface area contributed by atoms with Crippen molar-refractivity contribution >= 4 is 34.0 Å². The molecule has 1 unspecified atom stereocenters. The molecule has 0 aromatic heterocycles. The molecule has 0 radical (unpaired) electrons. The summed E-state index contributed by atoms with van der Waals surface area (Å²) in [4.78, 5) is 14.8. The van der Waals surface area contributed by atoms with Crippen LogP contribution < -0.4 is 9.62 Å². The quantitative estimate of drug-likeness (QED) is 0.820. The van der Waals surface area contributed by atoms with E-state index in [9.17, 15) is 13.2 Å². The van der Waals surface area contributed by atoms with E-state index in [-0.39, 0.29) is 29.3 Å². The van der Waals surface area contributed by atoms with Gasteiger partial charge in [0.1, 0.15) is 0 Å². The van der Waals surface area contributed by atoms with E-state index in [2.05, 4.69) is 5.32 Å². The molecule has 28 heavy (non-hydrogen) atoms. The Hall–Kier alpha value is -2.09. The van der Waals surface area contributed by atoms with E-state index in [0.717, 1.165) is 18.7 Å². The molecule has 2 aromatic carbocycles. The van der Waals surface area contributed by atoms with Gasteiger partial charge in [-0.2, -0.15) is 0 Å². The first kappa shape index (κ1) is 22.2. The zero-order chi connectivity index (χ0) is 19.6. The van der Waals surface area contributed by atoms with Gasteiger partial charge in [0.2, 0.25) is 0 Å². The van der Waals surface area contributed by atoms with Gasteiger partial charge in [-0.15, -0.1) is 12.4 Å². The van der Waals surface area contributed by atoms with Crippen molar-refractivity contribution in [2.24, 2.45) is 0 Å². The summed E-state index contributed by atoms with van der Waals surface area (Å²) in [5, 5.41) is 3.25. The van der Waals surface area contributed by atoms with Crippen molar-refractivity contribution in [3.05, 3.63) is 59.7 Å². The Bertz CT molecular complexity index is 932. The molecule has 3 rings (SSSR count). The zero-order valence-electron chi connectivity index (χ0n) is 16.3. The maximum absolute atomic E-state index is 13.0. The molecular weight excluding hydrogens is 398 g/mol. The predicted molar refractivity (Wildman–Crippen MR) is 114 cm³/mol. The number of hydrogen-bond donors (Lipinski definition) is 1. The molecule has 0 saturated carbocycles. The summed E-state index contributed by atoms with van der Waals surface area (Å²) in [5.74, 6) is -0.140. The number of hydrogen-bond acceptors (Lipinski definition) is 4. The highest BCUT2D eigenvalue weighted by Crippen LogP contribution is 2.23. The number of sulfonamides is 1. The van der Waals surface area contributed by atoms with Crippen LogP contribution in [0.4, 0.5) is 5.69 Å². The van der Waals surface area contributed by atoms with Gasteiger partial charge >= 0.3 is 0 Å². The first-order valence-electron chi connectivity index (χ1n) is 8.98. The van der Waals surface area contributed by atoms with Crippen LogP contribution in [0.5, 0.6) is 0 Å². The summed E-state index contributed by atoms with van der Waals surface area (Å²) in [6.45, 7) is 6.02. The zero-order valence-corrected chi connectivity index (χ0v) is 17.9. The fourth-order valence-corrected chi connectivity index (χ4v) is 4.39. The molecular formula is C20H26ClN3O3S. The number of amides is 1. The predicted octanol–water partition coefficient (Wildman–Crippen LogP) is 2.68. The van der Waals surface area contributed by atoms with Gasteiger partial charge in [-0.3, -0.25) is 9.10 Å². The molecule has 1 heterocycles. The number of carbonyl (C=O) groups is 1. The van der Waals surface area contributed by atoms with Gasteiger partial charge in [-0.25, -0.2) is 8.42 Å². The molecule has 0 aliphatic carbocycles. The fraction of sp³-hybridized carbons (Fsp3) is 0.350. The summed E-state index contributed by atoms with van der Waals surface area (Å²) in [6.07, 6.45) is 0. The lowest BCUT2D eigenvalue weighted by Crippen LogP contribution is -2.52. The number of piperazine rings is 1. The Labute approximate surface area is 173 Å². The Balaban J connectivity index is 0.00000280. The van der Waals surface area contributed by atoms with E-state index in [4.69, 9.17) is 0 Å². The minimum atomic E-state index is -3.75. The van der Waals surface area contributed by atoms with Gasteiger partial charge in [-0.05, 0) is 44.2 Å². The highest BCUT2D eigenvalue weighted by molar-refractivity contribution is 7.92. The molecule has 1 N–H and O–H groups in total. The normalized spacial score (nSPS) is 17.0. The molecule has 8 heteroatoms. The lowest BCUT2D eigenvalue weighted by molar-refractivity contribution is 0.0655. The molecule has 152 valence electrons. The Morgan fingerprint density at radius 3 is 2.50 bits per heavy atom. The van der Waals surface area contributed by atoms with E-state index >= 15 is 0 Å². The SMILES string of the molecule is Cc1ccc(N(C)S(=O)(=O)c2cccc(C(=O)N3CCNCC3C)c2)cc1.Cl. The Morgan fingerprint density at radius 1 is 1.18 bits per heavy atom. The second kappa shape index (κ2) is 8.94. The van der Waals surface area contributed by atoms with Crippen molar-refractivity contribution in [1.82, 2.24) is 10.2 Å². The Morgan fingerprint density at radius 2 is 1.86 bits per heavy atom. The molecule has 1 atom stereocenters. The van der Waals surface area contributed by atoms with Gasteiger partial charge in [0.05, 0.1) is 10.6 Å². The van der Waals surface area contributed by atoms with Crippen LogP contribution in [-0.4, -0.2) is 51.9 Å². The van der Waals surface area contributed by atoms with Gasteiger partial charge < -0.3 is 10.2 Å². The van der Waals surface area contributed by atoms with Crippen molar-refractivity contribution in [1.29, 1.82) is 0 Å². The minimum Gasteiger partial charge on any atom is -0.333 e. The van der Waals surface area contributed by atoms with Crippen molar-refractivity contribution in [3.8, 4) is 0 Å². The second-order valence-corrected chi connectivity index (χ2v) is 8.86. The molecule has 1 aliphatic heterocycles. The summed E-state index contributed by atoms with van der Waals surface area (Å²) >= 11 is 0. The molecule has 2 aromatic rings. The standard InChI is InChI=1S/C20H25N3O3S.ClH/c1-15-7-9-18(10-8-15)22(3)27(25,26)19-6-4-5-17(13-19)20(24)23-12-11-21-14-16(23)2;/h4-10,13,16,21H,11-12,14H2,1-3H3;1H. The maximum atomic E-state index is 13.0. The van der Waals surface area contributed by atoms with Crippen LogP contribution in [0.15, 0.2) is 53.4 Å². The Kier molecular flexibility index (Phi) is 7.09. The molecule has 0 spiro atoms. The van der Waals surface area contributed by atoms with Gasteiger partial charge in [0.15, 0.2) is 0 Å². The summed E-state index contributed by atoms with van der Waals surface area (Å²) in [7, 11) is -2.23. The van der Waals surface area contributed by atoms with E-state index in [1.165, 1.54) is 23.5 Å². The lowest BCUT2D eigenvalue weighted by Gasteiger charge is -2.34. The third-order valence-electron chi connectivity index (χ3n) is 4.90. The van der Waals surface area contributed by atoms with E-state index in [1.807, 2.05) is 26.0 Å². The minimum absolute atomic E-state index is 0. The molecule has 1 fully saturated rings. The van der Waals surface area contributed by atoms with Crippen molar-refractivity contribution in [2.75, 3.05) is 31.0 Å². The fourth-order valence-electron chi connectivity index (χ4n) is 3.15. The number of halogens is 1. The van der Waals surface area contributed by atoms with Gasteiger partial charge in [0.25, 0.3) is 15.9 Å². The summed E-state index contributed by atoms with van der Waals surface area (Å²) in [5.41, 5.74) is 2.03. The van der Waals surface area contributed by atoms with Crippen LogP contribution in [-0.2, 0) is 10.0 Å². The number of nitrogens with one attached hydrogen (secondary N) is 1. The first-order valence-corrected chi connectivity index (χ1v) is 10.4. The smallest absolute Gasteiger partial charge is 0.264 e. The number of anilines is 1. The molecule has 1 aliphatic rings. The highest BCUT2D eigenvalue weighted by atomic mass is 35.5. The van der Waals surface area contributed by atoms with Crippen LogP contribution >= 0.6 is 12.4 Å². The summed E-state index contributed by atoms with van der Waals surface area (Å²) in [6, 6.07) is 13.6. The van der Waals surface area contributed by atoms with Crippen LogP contribution in [0, 0.1) is 6.92 Å². The topological polar surface area (TPSA) is 69.7 Å². The molecule has 0 bridgehead atoms. The van der Waals surface area contributed by atoms with Crippen molar-refractivity contribution in [2.45, 2.75) is 24.8 Å². The molecule has 1 saturated heterocycles. The number of nitrogens with zero attached hydrogens (tertiary/aromatic N) is 2. The second-order valence-electron chi connectivity index (χ2n) is 6.89. The van der Waals surface area contributed by atoms with E-state index in [1.54, 1.807) is 29.2 Å². The molecule has 1 amide bonds. The first-order chi connectivity index (χ1) is 12.8. The average Bonchev–Trinajstić information content (AvgIpc) is 2.68. The van der Waals surface area contributed by atoms with Crippen LogP contribution in [0.25, 0.3) is 0 Å². The van der Waals surface area contributed by atoms with E-state index < -0.39 is 10.0 Å². The van der Waals surface area contributed by atoms with Crippen LogP contribution in [0.1, 0.15) is 22.8 Å². The summed E-state index contributed by atoms with van der Waals surface area (Å²) < 4.78 is 27.3. The number of benzene rings is 2. The third kappa shape index (κ3) is 4.48. The number of carbonyl (C=O) groups excluding carboxylic acids is 1. The number of rotatable bonds is 4. The lowest BCUT2D eigenvalue weighted by atomic mass is 10.1.